The summed E-state index contributed by atoms with van der Waals surface area (Å²) in [5, 5.41) is 2.79. The lowest BCUT2D eigenvalue weighted by Crippen LogP contribution is -2.40. The Morgan fingerprint density at radius 3 is 2.35 bits per heavy atom. The third-order valence-electron chi connectivity index (χ3n) is 3.47. The standard InChI is InChI=1S/C16H21F3N2O2/c1-15(2,3)23-14(22)20-12-8-9-21(10-12)13-6-4-11(5-7-13)16(17,18)19/h4-7,12H,8-10H2,1-3H3,(H,20,22). The third-order valence-corrected chi connectivity index (χ3v) is 3.47. The SMILES string of the molecule is CC(C)(C)OC(=O)NC1CCN(c2ccc(C(F)(F)F)cc2)C1. The van der Waals surface area contributed by atoms with Crippen LogP contribution < -0.4 is 10.2 Å². The Balaban J connectivity index is 1.91. The first kappa shape index (κ1) is 17.4. The molecule has 1 fully saturated rings. The van der Waals surface area contributed by atoms with Gasteiger partial charge in [0.2, 0.25) is 0 Å². The molecule has 0 aromatic heterocycles. The van der Waals surface area contributed by atoms with Gasteiger partial charge in [0.1, 0.15) is 5.60 Å². The second-order valence-corrected chi connectivity index (χ2v) is 6.62. The van der Waals surface area contributed by atoms with E-state index in [-0.39, 0.29) is 6.04 Å². The summed E-state index contributed by atoms with van der Waals surface area (Å²) in [4.78, 5) is 13.7. The van der Waals surface area contributed by atoms with E-state index >= 15 is 0 Å². The van der Waals surface area contributed by atoms with E-state index in [1.165, 1.54) is 12.1 Å². The van der Waals surface area contributed by atoms with E-state index in [4.69, 9.17) is 4.74 Å². The van der Waals surface area contributed by atoms with Crippen molar-refractivity contribution in [3.63, 3.8) is 0 Å². The summed E-state index contributed by atoms with van der Waals surface area (Å²) in [6, 6.07) is 4.98. The molecule has 128 valence electrons. The molecule has 1 aromatic carbocycles. The molecular weight excluding hydrogens is 309 g/mol. The molecule has 1 saturated heterocycles. The molecule has 1 heterocycles. The predicted octanol–water partition coefficient (Wildman–Crippen LogP) is 3.81. The van der Waals surface area contributed by atoms with Gasteiger partial charge in [0.25, 0.3) is 0 Å². The number of alkyl halides is 3. The maximum Gasteiger partial charge on any atom is 0.416 e. The van der Waals surface area contributed by atoms with Gasteiger partial charge in [-0.2, -0.15) is 13.2 Å². The largest absolute Gasteiger partial charge is 0.444 e. The summed E-state index contributed by atoms with van der Waals surface area (Å²) >= 11 is 0. The number of carbonyl (C=O) groups excluding carboxylic acids is 1. The van der Waals surface area contributed by atoms with Crippen LogP contribution in [0.4, 0.5) is 23.7 Å². The number of nitrogens with zero attached hydrogens (tertiary/aromatic N) is 1. The Hall–Kier alpha value is -1.92. The zero-order valence-corrected chi connectivity index (χ0v) is 13.4. The van der Waals surface area contributed by atoms with Crippen LogP contribution in [0.5, 0.6) is 0 Å². The fourth-order valence-corrected chi connectivity index (χ4v) is 2.45. The van der Waals surface area contributed by atoms with Crippen LogP contribution in [0.1, 0.15) is 32.8 Å². The molecule has 2 rings (SSSR count). The van der Waals surface area contributed by atoms with Gasteiger partial charge in [-0.25, -0.2) is 4.79 Å². The van der Waals surface area contributed by atoms with Gasteiger partial charge in [0, 0.05) is 18.8 Å². The highest BCUT2D eigenvalue weighted by atomic mass is 19.4. The van der Waals surface area contributed by atoms with Crippen molar-refractivity contribution in [2.75, 3.05) is 18.0 Å². The number of carbonyl (C=O) groups is 1. The number of nitrogens with one attached hydrogen (secondary N) is 1. The Bertz CT molecular complexity index is 550. The molecular formula is C16H21F3N2O2. The molecule has 0 saturated carbocycles. The van der Waals surface area contributed by atoms with Gasteiger partial charge in [-0.1, -0.05) is 0 Å². The van der Waals surface area contributed by atoms with Gasteiger partial charge in [0.15, 0.2) is 0 Å². The maximum atomic E-state index is 12.6. The molecule has 1 amide bonds. The predicted molar refractivity (Wildman–Crippen MR) is 81.4 cm³/mol. The fourth-order valence-electron chi connectivity index (χ4n) is 2.45. The number of amides is 1. The van der Waals surface area contributed by atoms with E-state index in [1.54, 1.807) is 20.8 Å². The zero-order valence-electron chi connectivity index (χ0n) is 13.4. The molecule has 0 radical (unpaired) electrons. The maximum absolute atomic E-state index is 12.6. The van der Waals surface area contributed by atoms with E-state index in [2.05, 4.69) is 5.32 Å². The molecule has 7 heteroatoms. The number of anilines is 1. The van der Waals surface area contributed by atoms with Gasteiger partial charge in [-0.3, -0.25) is 0 Å². The van der Waals surface area contributed by atoms with Gasteiger partial charge >= 0.3 is 12.3 Å². The van der Waals surface area contributed by atoms with Crippen LogP contribution in [-0.2, 0) is 10.9 Å². The molecule has 1 aromatic rings. The van der Waals surface area contributed by atoms with Gasteiger partial charge in [0.05, 0.1) is 11.6 Å². The van der Waals surface area contributed by atoms with E-state index < -0.39 is 23.4 Å². The molecule has 1 N–H and O–H groups in total. The Labute approximate surface area is 133 Å². The number of benzene rings is 1. The first-order valence-electron chi connectivity index (χ1n) is 7.46. The molecule has 4 nitrogen and oxygen atoms in total. The molecule has 1 aliphatic rings. The van der Waals surface area contributed by atoms with Crippen LogP contribution in [0.3, 0.4) is 0 Å². The normalized spacial score (nSPS) is 18.9. The van der Waals surface area contributed by atoms with Crippen LogP contribution >= 0.6 is 0 Å². The van der Waals surface area contributed by atoms with Crippen molar-refractivity contribution in [1.29, 1.82) is 0 Å². The number of ether oxygens (including phenoxy) is 1. The van der Waals surface area contributed by atoms with E-state index in [9.17, 15) is 18.0 Å². The van der Waals surface area contributed by atoms with Crippen molar-refractivity contribution in [1.82, 2.24) is 5.32 Å². The lowest BCUT2D eigenvalue weighted by Gasteiger charge is -2.22. The topological polar surface area (TPSA) is 41.6 Å². The lowest BCUT2D eigenvalue weighted by atomic mass is 10.2. The monoisotopic (exact) mass is 330 g/mol. The number of hydrogen-bond acceptors (Lipinski definition) is 3. The number of hydrogen-bond donors (Lipinski definition) is 1. The average Bonchev–Trinajstić information content (AvgIpc) is 2.84. The minimum Gasteiger partial charge on any atom is -0.444 e. The lowest BCUT2D eigenvalue weighted by molar-refractivity contribution is -0.137. The molecule has 1 aliphatic heterocycles. The summed E-state index contributed by atoms with van der Waals surface area (Å²) < 4.78 is 42.9. The fraction of sp³-hybridized carbons (Fsp3) is 0.562. The Morgan fingerprint density at radius 1 is 1.22 bits per heavy atom. The summed E-state index contributed by atoms with van der Waals surface area (Å²) in [5.74, 6) is 0. The van der Waals surface area contributed by atoms with Crippen molar-refractivity contribution in [3.8, 4) is 0 Å². The quantitative estimate of drug-likeness (QED) is 0.896. The van der Waals surface area contributed by atoms with Crippen molar-refractivity contribution in [2.24, 2.45) is 0 Å². The molecule has 0 aliphatic carbocycles. The Morgan fingerprint density at radius 2 is 1.83 bits per heavy atom. The van der Waals surface area contributed by atoms with E-state index in [0.29, 0.717) is 18.8 Å². The number of alkyl carbamates (subject to hydrolysis) is 1. The van der Waals surface area contributed by atoms with Gasteiger partial charge in [-0.05, 0) is 51.5 Å². The highest BCUT2D eigenvalue weighted by Gasteiger charge is 2.31. The molecule has 0 spiro atoms. The van der Waals surface area contributed by atoms with Crippen LogP contribution in [-0.4, -0.2) is 30.8 Å². The second-order valence-electron chi connectivity index (χ2n) is 6.62. The number of rotatable bonds is 2. The highest BCUT2D eigenvalue weighted by molar-refractivity contribution is 5.68. The highest BCUT2D eigenvalue weighted by Crippen LogP contribution is 2.31. The molecule has 1 atom stereocenters. The summed E-state index contributed by atoms with van der Waals surface area (Å²) in [6.45, 7) is 6.58. The average molecular weight is 330 g/mol. The Kier molecular flexibility index (Phi) is 4.77. The van der Waals surface area contributed by atoms with Crippen LogP contribution in [0.15, 0.2) is 24.3 Å². The first-order chi connectivity index (χ1) is 10.5. The summed E-state index contributed by atoms with van der Waals surface area (Å²) in [5.41, 5.74) is -0.508. The molecule has 23 heavy (non-hydrogen) atoms. The van der Waals surface area contributed by atoms with Crippen molar-refractivity contribution in [2.45, 2.75) is 45.0 Å². The van der Waals surface area contributed by atoms with Gasteiger partial charge < -0.3 is 15.0 Å². The smallest absolute Gasteiger partial charge is 0.416 e. The van der Waals surface area contributed by atoms with Crippen LogP contribution in [0, 0.1) is 0 Å². The third kappa shape index (κ3) is 5.04. The summed E-state index contributed by atoms with van der Waals surface area (Å²) in [6.07, 6.45) is -4.08. The van der Waals surface area contributed by atoms with Crippen molar-refractivity contribution >= 4 is 11.8 Å². The van der Waals surface area contributed by atoms with Crippen molar-refractivity contribution in [3.05, 3.63) is 29.8 Å². The zero-order chi connectivity index (χ0) is 17.3. The van der Waals surface area contributed by atoms with Crippen molar-refractivity contribution < 1.29 is 22.7 Å². The first-order valence-corrected chi connectivity index (χ1v) is 7.46. The number of halogens is 3. The van der Waals surface area contributed by atoms with Crippen LogP contribution in [0.25, 0.3) is 0 Å². The van der Waals surface area contributed by atoms with Crippen LogP contribution in [0.2, 0.25) is 0 Å². The summed E-state index contributed by atoms with van der Waals surface area (Å²) in [7, 11) is 0. The second kappa shape index (κ2) is 6.29. The molecule has 0 bridgehead atoms. The van der Waals surface area contributed by atoms with E-state index in [1.807, 2.05) is 4.90 Å². The van der Waals surface area contributed by atoms with Gasteiger partial charge in [-0.15, -0.1) is 0 Å². The minimum atomic E-state index is -4.33. The minimum absolute atomic E-state index is 0.0767. The van der Waals surface area contributed by atoms with E-state index in [0.717, 1.165) is 18.6 Å². The molecule has 1 unspecified atom stereocenters.